The van der Waals surface area contributed by atoms with Crippen LogP contribution < -0.4 is 0 Å². The lowest BCUT2D eigenvalue weighted by Gasteiger charge is -2.25. The fourth-order valence-electron chi connectivity index (χ4n) is 3.16. The third-order valence-electron chi connectivity index (χ3n) is 4.08. The van der Waals surface area contributed by atoms with Crippen LogP contribution in [0.5, 0.6) is 0 Å². The molecular formula is C13H22O3. The van der Waals surface area contributed by atoms with E-state index < -0.39 is 0 Å². The van der Waals surface area contributed by atoms with Gasteiger partial charge in [0.1, 0.15) is 0 Å². The average Bonchev–Trinajstić information content (AvgIpc) is 2.85. The van der Waals surface area contributed by atoms with Gasteiger partial charge in [-0.3, -0.25) is 0 Å². The summed E-state index contributed by atoms with van der Waals surface area (Å²) in [5.41, 5.74) is 0. The second kappa shape index (κ2) is 4.63. The molecule has 0 saturated carbocycles. The van der Waals surface area contributed by atoms with E-state index in [2.05, 4.69) is 0 Å². The van der Waals surface area contributed by atoms with Crippen LogP contribution in [0.2, 0.25) is 0 Å². The van der Waals surface area contributed by atoms with Crippen LogP contribution >= 0.6 is 0 Å². The lowest BCUT2D eigenvalue weighted by Crippen LogP contribution is -2.30. The first-order valence-corrected chi connectivity index (χ1v) is 6.80. The molecule has 0 aromatic heterocycles. The van der Waals surface area contributed by atoms with E-state index >= 15 is 0 Å². The molecule has 0 aromatic carbocycles. The first kappa shape index (κ1) is 11.0. The Bertz CT molecular complexity index is 217. The summed E-state index contributed by atoms with van der Waals surface area (Å²) in [4.78, 5) is 0. The summed E-state index contributed by atoms with van der Waals surface area (Å²) in [5, 5.41) is 0. The van der Waals surface area contributed by atoms with Gasteiger partial charge < -0.3 is 14.2 Å². The van der Waals surface area contributed by atoms with Gasteiger partial charge in [-0.05, 0) is 25.7 Å². The van der Waals surface area contributed by atoms with E-state index in [1.807, 2.05) is 0 Å². The largest absolute Gasteiger partial charge is 0.379 e. The van der Waals surface area contributed by atoms with Crippen LogP contribution in [0, 0.1) is 0 Å². The molecule has 0 aromatic rings. The summed E-state index contributed by atoms with van der Waals surface area (Å²) in [6.07, 6.45) is 10.1. The predicted molar refractivity (Wildman–Crippen MR) is 60.2 cm³/mol. The van der Waals surface area contributed by atoms with Crippen LogP contribution in [0.3, 0.4) is 0 Å². The summed E-state index contributed by atoms with van der Waals surface area (Å²) >= 11 is 0. The van der Waals surface area contributed by atoms with Crippen LogP contribution in [0.4, 0.5) is 0 Å². The fraction of sp³-hybridized carbons (Fsp3) is 1.00. The zero-order valence-corrected chi connectivity index (χ0v) is 9.95. The van der Waals surface area contributed by atoms with Gasteiger partial charge in [-0.25, -0.2) is 0 Å². The lowest BCUT2D eigenvalue weighted by atomic mass is 10.0. The molecule has 3 rings (SSSR count). The minimum absolute atomic E-state index is 0.224. The van der Waals surface area contributed by atoms with Crippen molar-refractivity contribution < 1.29 is 14.2 Å². The molecule has 3 heterocycles. The van der Waals surface area contributed by atoms with Crippen molar-refractivity contribution in [3.05, 3.63) is 0 Å². The molecule has 3 heteroatoms. The highest BCUT2D eigenvalue weighted by molar-refractivity contribution is 4.88. The highest BCUT2D eigenvalue weighted by Gasteiger charge is 2.46. The van der Waals surface area contributed by atoms with Crippen LogP contribution in [0.15, 0.2) is 0 Å². The van der Waals surface area contributed by atoms with Gasteiger partial charge in [0.05, 0.1) is 18.8 Å². The molecule has 0 radical (unpaired) electrons. The molecule has 1 spiro atoms. The Morgan fingerprint density at radius 1 is 0.812 bits per heavy atom. The maximum atomic E-state index is 6.13. The van der Waals surface area contributed by atoms with E-state index in [0.29, 0.717) is 6.10 Å². The predicted octanol–water partition coefficient (Wildman–Crippen LogP) is 2.63. The van der Waals surface area contributed by atoms with Crippen LogP contribution in [-0.4, -0.2) is 31.2 Å². The summed E-state index contributed by atoms with van der Waals surface area (Å²) in [7, 11) is 0. The number of fused-ring (bicyclic) bond motifs is 2. The number of rotatable bonds is 0. The molecule has 3 unspecified atom stereocenters. The maximum absolute atomic E-state index is 6.13. The summed E-state index contributed by atoms with van der Waals surface area (Å²) in [5.74, 6) is -0.224. The molecular weight excluding hydrogens is 204 g/mol. The smallest absolute Gasteiger partial charge is 0.169 e. The van der Waals surface area contributed by atoms with Crippen molar-refractivity contribution in [1.29, 1.82) is 0 Å². The third kappa shape index (κ3) is 2.27. The number of hydrogen-bond acceptors (Lipinski definition) is 3. The fourth-order valence-corrected chi connectivity index (χ4v) is 3.16. The van der Waals surface area contributed by atoms with Crippen LogP contribution in [0.1, 0.15) is 51.4 Å². The van der Waals surface area contributed by atoms with Gasteiger partial charge in [-0.2, -0.15) is 0 Å². The molecule has 0 amide bonds. The Labute approximate surface area is 97.4 Å². The SMILES string of the molecule is C1CCOCC2CCC3(CCC(CC1)O3)O2. The van der Waals surface area contributed by atoms with Crippen molar-refractivity contribution in [2.75, 3.05) is 13.2 Å². The first-order valence-electron chi connectivity index (χ1n) is 6.80. The highest BCUT2D eigenvalue weighted by atomic mass is 16.7. The molecule has 3 aliphatic heterocycles. The molecule has 3 fully saturated rings. The Morgan fingerprint density at radius 3 is 2.56 bits per heavy atom. The Hall–Kier alpha value is -0.120. The maximum Gasteiger partial charge on any atom is 0.169 e. The summed E-state index contributed by atoms with van der Waals surface area (Å²) in [6.45, 7) is 1.66. The third-order valence-corrected chi connectivity index (χ3v) is 4.08. The van der Waals surface area contributed by atoms with E-state index in [9.17, 15) is 0 Å². The Kier molecular flexibility index (Phi) is 3.18. The Morgan fingerprint density at radius 2 is 1.62 bits per heavy atom. The van der Waals surface area contributed by atoms with E-state index in [1.165, 1.54) is 32.1 Å². The quantitative estimate of drug-likeness (QED) is 0.635. The van der Waals surface area contributed by atoms with Crippen LogP contribution in [-0.2, 0) is 14.2 Å². The first-order chi connectivity index (χ1) is 7.86. The normalized spacial score (nSPS) is 45.0. The van der Waals surface area contributed by atoms with Crippen molar-refractivity contribution in [2.45, 2.75) is 69.4 Å². The molecule has 3 saturated heterocycles. The molecule has 3 nitrogen and oxygen atoms in total. The van der Waals surface area contributed by atoms with E-state index in [4.69, 9.17) is 14.2 Å². The van der Waals surface area contributed by atoms with Crippen molar-refractivity contribution in [1.82, 2.24) is 0 Å². The van der Waals surface area contributed by atoms with E-state index in [1.54, 1.807) is 0 Å². The zero-order chi connectivity index (χ0) is 10.8. The molecule has 0 aliphatic carbocycles. The number of ether oxygens (including phenoxy) is 3. The van der Waals surface area contributed by atoms with Gasteiger partial charge in [0.25, 0.3) is 0 Å². The topological polar surface area (TPSA) is 27.7 Å². The van der Waals surface area contributed by atoms with Gasteiger partial charge in [-0.15, -0.1) is 0 Å². The molecule has 3 bridgehead atoms. The monoisotopic (exact) mass is 226 g/mol. The second-order valence-electron chi connectivity index (χ2n) is 5.39. The lowest BCUT2D eigenvalue weighted by molar-refractivity contribution is -0.223. The Balaban J connectivity index is 1.65. The van der Waals surface area contributed by atoms with E-state index in [0.717, 1.165) is 32.5 Å². The zero-order valence-electron chi connectivity index (χ0n) is 9.95. The molecule has 3 atom stereocenters. The number of hydrogen-bond donors (Lipinski definition) is 0. The molecule has 3 aliphatic rings. The molecule has 92 valence electrons. The van der Waals surface area contributed by atoms with Gasteiger partial charge >= 0.3 is 0 Å². The van der Waals surface area contributed by atoms with E-state index in [-0.39, 0.29) is 11.9 Å². The summed E-state index contributed by atoms with van der Waals surface area (Å²) in [6, 6.07) is 0. The van der Waals surface area contributed by atoms with Crippen molar-refractivity contribution in [3.8, 4) is 0 Å². The average molecular weight is 226 g/mol. The van der Waals surface area contributed by atoms with Crippen LogP contribution in [0.25, 0.3) is 0 Å². The van der Waals surface area contributed by atoms with Gasteiger partial charge in [0, 0.05) is 19.4 Å². The van der Waals surface area contributed by atoms with Gasteiger partial charge in [0.15, 0.2) is 5.79 Å². The minimum atomic E-state index is -0.224. The molecule has 16 heavy (non-hydrogen) atoms. The van der Waals surface area contributed by atoms with Crippen molar-refractivity contribution >= 4 is 0 Å². The van der Waals surface area contributed by atoms with Crippen molar-refractivity contribution in [3.63, 3.8) is 0 Å². The highest BCUT2D eigenvalue weighted by Crippen LogP contribution is 2.43. The van der Waals surface area contributed by atoms with Gasteiger partial charge in [0.2, 0.25) is 0 Å². The standard InChI is InChI=1S/C13H22O3/c1-2-4-11-5-7-13(15-11)8-6-12(16-13)10-14-9-3-1/h11-12H,1-10H2. The summed E-state index contributed by atoms with van der Waals surface area (Å²) < 4.78 is 17.9. The van der Waals surface area contributed by atoms with Gasteiger partial charge in [-0.1, -0.05) is 12.8 Å². The minimum Gasteiger partial charge on any atom is -0.379 e. The second-order valence-corrected chi connectivity index (χ2v) is 5.39. The molecule has 0 N–H and O–H groups in total. The van der Waals surface area contributed by atoms with Crippen molar-refractivity contribution in [2.24, 2.45) is 0 Å².